The summed E-state index contributed by atoms with van der Waals surface area (Å²) in [5, 5.41) is 5.24. The third-order valence-corrected chi connectivity index (χ3v) is 3.56. The van der Waals surface area contributed by atoms with E-state index in [-0.39, 0.29) is 5.91 Å². The van der Waals surface area contributed by atoms with Crippen LogP contribution in [0, 0.1) is 0 Å². The van der Waals surface area contributed by atoms with E-state index in [1.54, 1.807) is 5.38 Å². The lowest BCUT2D eigenvalue weighted by Crippen LogP contribution is -2.25. The summed E-state index contributed by atoms with van der Waals surface area (Å²) < 4.78 is 13.0. The van der Waals surface area contributed by atoms with Crippen molar-refractivity contribution in [3.63, 3.8) is 0 Å². The predicted molar refractivity (Wildman–Crippen MR) is 66.5 cm³/mol. The summed E-state index contributed by atoms with van der Waals surface area (Å²) in [4.78, 5) is 17.8. The number of nitrogens with zero attached hydrogens (tertiary/aromatic N) is 2. The molecule has 6 heteroatoms. The summed E-state index contributed by atoms with van der Waals surface area (Å²) >= 11 is 1.40. The zero-order valence-electron chi connectivity index (χ0n) is 9.78. The van der Waals surface area contributed by atoms with Gasteiger partial charge < -0.3 is 10.2 Å². The molecule has 1 aliphatic heterocycles. The van der Waals surface area contributed by atoms with Gasteiger partial charge in [-0.15, -0.1) is 11.3 Å². The maximum Gasteiger partial charge on any atom is 0.270 e. The maximum atomic E-state index is 13.0. The smallest absolute Gasteiger partial charge is 0.270 e. The van der Waals surface area contributed by atoms with Crippen molar-refractivity contribution >= 4 is 22.4 Å². The minimum absolute atomic E-state index is 0.148. The Morgan fingerprint density at radius 2 is 2.59 bits per heavy atom. The first-order chi connectivity index (χ1) is 8.20. The fraction of sp³-hybridized carbons (Fsp3) is 0.636. The first kappa shape index (κ1) is 12.3. The van der Waals surface area contributed by atoms with Crippen LogP contribution in [0.4, 0.5) is 9.52 Å². The molecule has 1 aliphatic rings. The van der Waals surface area contributed by atoms with Gasteiger partial charge in [-0.2, -0.15) is 0 Å². The molecule has 0 saturated carbocycles. The lowest BCUT2D eigenvalue weighted by molar-refractivity contribution is 0.0949. The quantitative estimate of drug-likeness (QED) is 0.895. The van der Waals surface area contributed by atoms with Crippen molar-refractivity contribution in [1.82, 2.24) is 10.3 Å². The van der Waals surface area contributed by atoms with Crippen LogP contribution in [-0.2, 0) is 0 Å². The number of hydrogen-bond acceptors (Lipinski definition) is 4. The molecule has 94 valence electrons. The van der Waals surface area contributed by atoms with Crippen molar-refractivity contribution in [2.24, 2.45) is 0 Å². The lowest BCUT2D eigenvalue weighted by Gasteiger charge is -2.12. The topological polar surface area (TPSA) is 45.2 Å². The number of halogens is 1. The minimum Gasteiger partial charge on any atom is -0.351 e. The number of rotatable bonds is 4. The van der Waals surface area contributed by atoms with Crippen molar-refractivity contribution in [3.8, 4) is 0 Å². The molecule has 2 rings (SSSR count). The largest absolute Gasteiger partial charge is 0.351 e. The molecule has 0 radical (unpaired) electrons. The van der Waals surface area contributed by atoms with Crippen LogP contribution in [0.15, 0.2) is 5.38 Å². The number of carbonyl (C=O) groups is 1. The molecule has 0 bridgehead atoms. The average Bonchev–Trinajstić information content (AvgIpc) is 2.93. The molecule has 1 aromatic rings. The summed E-state index contributed by atoms with van der Waals surface area (Å²) in [5.41, 5.74) is 0.431. The fourth-order valence-corrected chi connectivity index (χ4v) is 2.58. The zero-order chi connectivity index (χ0) is 12.3. The summed E-state index contributed by atoms with van der Waals surface area (Å²) in [6.07, 6.45) is 0.686. The van der Waals surface area contributed by atoms with Crippen LogP contribution >= 0.6 is 11.3 Å². The van der Waals surface area contributed by atoms with E-state index in [1.165, 1.54) is 11.3 Å². The first-order valence-electron chi connectivity index (χ1n) is 5.83. The van der Waals surface area contributed by atoms with Gasteiger partial charge in [0.25, 0.3) is 5.91 Å². The van der Waals surface area contributed by atoms with Crippen molar-refractivity contribution in [3.05, 3.63) is 11.1 Å². The van der Waals surface area contributed by atoms with E-state index in [0.717, 1.165) is 11.6 Å². The Balaban J connectivity index is 1.98. The second-order valence-corrected chi connectivity index (χ2v) is 4.94. The van der Waals surface area contributed by atoms with E-state index in [4.69, 9.17) is 0 Å². The highest BCUT2D eigenvalue weighted by Crippen LogP contribution is 2.25. The molecule has 0 unspecified atom stereocenters. The van der Waals surface area contributed by atoms with Crippen molar-refractivity contribution in [2.45, 2.75) is 25.9 Å². The van der Waals surface area contributed by atoms with Gasteiger partial charge in [-0.25, -0.2) is 9.37 Å². The van der Waals surface area contributed by atoms with E-state index in [0.29, 0.717) is 31.7 Å². The maximum absolute atomic E-state index is 13.0. The number of anilines is 1. The number of aromatic nitrogens is 1. The number of alkyl halides is 1. The molecule has 2 heterocycles. The van der Waals surface area contributed by atoms with Gasteiger partial charge in [0.1, 0.15) is 11.9 Å². The number of thiazole rings is 1. The molecular formula is C11H16FN3OS. The second kappa shape index (κ2) is 5.44. The molecule has 1 amide bonds. The molecule has 1 saturated heterocycles. The van der Waals surface area contributed by atoms with Gasteiger partial charge in [-0.1, -0.05) is 6.92 Å². The number of carbonyl (C=O) groups excluding carboxylic acids is 1. The van der Waals surface area contributed by atoms with Gasteiger partial charge in [0.2, 0.25) is 0 Å². The van der Waals surface area contributed by atoms with Crippen LogP contribution < -0.4 is 10.2 Å². The van der Waals surface area contributed by atoms with Gasteiger partial charge in [0.15, 0.2) is 5.13 Å². The molecular weight excluding hydrogens is 241 g/mol. The van der Waals surface area contributed by atoms with Crippen LogP contribution in [0.3, 0.4) is 0 Å². The third-order valence-electron chi connectivity index (χ3n) is 2.66. The van der Waals surface area contributed by atoms with Gasteiger partial charge in [-0.05, 0) is 12.8 Å². The Kier molecular flexibility index (Phi) is 3.93. The molecule has 0 aliphatic carbocycles. The van der Waals surface area contributed by atoms with E-state index in [1.807, 2.05) is 11.8 Å². The Morgan fingerprint density at radius 3 is 3.24 bits per heavy atom. The summed E-state index contributed by atoms with van der Waals surface area (Å²) in [6, 6.07) is 0. The summed E-state index contributed by atoms with van der Waals surface area (Å²) in [6.45, 7) is 3.73. The Morgan fingerprint density at radius 1 is 1.76 bits per heavy atom. The molecule has 0 spiro atoms. The Hall–Kier alpha value is -1.17. The monoisotopic (exact) mass is 257 g/mol. The second-order valence-electron chi connectivity index (χ2n) is 4.10. The molecule has 1 atom stereocenters. The van der Waals surface area contributed by atoms with Crippen LogP contribution in [0.5, 0.6) is 0 Å². The van der Waals surface area contributed by atoms with Crippen LogP contribution in [0.25, 0.3) is 0 Å². The van der Waals surface area contributed by atoms with Gasteiger partial charge in [-0.3, -0.25) is 4.79 Å². The minimum atomic E-state index is -0.767. The van der Waals surface area contributed by atoms with Crippen molar-refractivity contribution in [2.75, 3.05) is 24.5 Å². The highest BCUT2D eigenvalue weighted by Gasteiger charge is 2.24. The number of nitrogens with one attached hydrogen (secondary N) is 1. The average molecular weight is 257 g/mol. The SMILES string of the molecule is CCCNC(=O)c1csc(N2CC[C@H](F)C2)n1. The third kappa shape index (κ3) is 2.94. The fourth-order valence-electron chi connectivity index (χ4n) is 1.73. The number of hydrogen-bond donors (Lipinski definition) is 1. The Bertz CT molecular complexity index is 396. The van der Waals surface area contributed by atoms with Crippen LogP contribution in [0.2, 0.25) is 0 Å². The van der Waals surface area contributed by atoms with Gasteiger partial charge in [0.05, 0.1) is 6.54 Å². The highest BCUT2D eigenvalue weighted by atomic mass is 32.1. The molecule has 17 heavy (non-hydrogen) atoms. The molecule has 1 N–H and O–H groups in total. The van der Waals surface area contributed by atoms with Gasteiger partial charge in [0, 0.05) is 18.5 Å². The molecule has 4 nitrogen and oxygen atoms in total. The zero-order valence-corrected chi connectivity index (χ0v) is 10.6. The van der Waals surface area contributed by atoms with E-state index < -0.39 is 6.17 Å². The summed E-state index contributed by atoms with van der Waals surface area (Å²) in [5.74, 6) is -0.148. The standard InChI is InChI=1S/C11H16FN3OS/c1-2-4-13-10(16)9-7-17-11(14-9)15-5-3-8(12)6-15/h7-8H,2-6H2,1H3,(H,13,16)/t8-/m0/s1. The predicted octanol–water partition coefficient (Wildman–Crippen LogP) is 1.83. The van der Waals surface area contributed by atoms with Crippen molar-refractivity contribution in [1.29, 1.82) is 0 Å². The van der Waals surface area contributed by atoms with E-state index >= 15 is 0 Å². The normalized spacial score (nSPS) is 19.6. The van der Waals surface area contributed by atoms with E-state index in [9.17, 15) is 9.18 Å². The lowest BCUT2D eigenvalue weighted by atomic mass is 10.3. The van der Waals surface area contributed by atoms with E-state index in [2.05, 4.69) is 10.3 Å². The summed E-state index contributed by atoms with van der Waals surface area (Å²) in [7, 11) is 0. The Labute approximate surface area is 104 Å². The molecule has 0 aromatic carbocycles. The molecule has 1 aromatic heterocycles. The van der Waals surface area contributed by atoms with Crippen LogP contribution in [0.1, 0.15) is 30.3 Å². The van der Waals surface area contributed by atoms with Crippen molar-refractivity contribution < 1.29 is 9.18 Å². The number of amides is 1. The highest BCUT2D eigenvalue weighted by molar-refractivity contribution is 7.13. The molecule has 1 fully saturated rings. The van der Waals surface area contributed by atoms with Gasteiger partial charge >= 0.3 is 0 Å². The first-order valence-corrected chi connectivity index (χ1v) is 6.71. The van der Waals surface area contributed by atoms with Crippen LogP contribution in [-0.4, -0.2) is 36.7 Å².